The number of benzene rings is 1. The summed E-state index contributed by atoms with van der Waals surface area (Å²) in [5, 5.41) is 9.73. The molecule has 1 rings (SSSR count). The van der Waals surface area contributed by atoms with Gasteiger partial charge in [-0.2, -0.15) is 13.2 Å². The van der Waals surface area contributed by atoms with Crippen molar-refractivity contribution >= 4 is 0 Å². The molecule has 0 bridgehead atoms. The molecular weight excluding hydrogens is 257 g/mol. The van der Waals surface area contributed by atoms with E-state index in [0.717, 1.165) is 18.2 Å². The third-order valence-electron chi connectivity index (χ3n) is 2.73. The van der Waals surface area contributed by atoms with Gasteiger partial charge in [0.2, 0.25) is 0 Å². The molecule has 3 N–H and O–H groups in total. The maximum absolute atomic E-state index is 13.4. The van der Waals surface area contributed by atoms with Crippen molar-refractivity contribution in [1.82, 2.24) is 0 Å². The molecule has 0 aliphatic carbocycles. The highest BCUT2D eigenvalue weighted by Crippen LogP contribution is 2.42. The normalized spacial score (nSPS) is 16.4. The molecule has 0 radical (unpaired) electrons. The molecule has 0 spiro atoms. The number of alkyl halides is 5. The zero-order valence-corrected chi connectivity index (χ0v) is 9.43. The van der Waals surface area contributed by atoms with Crippen molar-refractivity contribution in [2.75, 3.05) is 6.54 Å². The van der Waals surface area contributed by atoms with Crippen LogP contribution < -0.4 is 5.73 Å². The average molecular weight is 269 g/mol. The molecule has 0 amide bonds. The van der Waals surface area contributed by atoms with E-state index in [0.29, 0.717) is 13.0 Å². The molecule has 0 saturated carbocycles. The number of aliphatic hydroxyl groups is 1. The van der Waals surface area contributed by atoms with Gasteiger partial charge in [-0.05, 0) is 13.0 Å². The van der Waals surface area contributed by atoms with Crippen molar-refractivity contribution in [3.05, 3.63) is 35.4 Å². The maximum Gasteiger partial charge on any atom is 0.416 e. The van der Waals surface area contributed by atoms with Crippen molar-refractivity contribution in [3.63, 3.8) is 0 Å². The van der Waals surface area contributed by atoms with E-state index in [4.69, 9.17) is 5.73 Å². The number of halogens is 5. The van der Waals surface area contributed by atoms with Gasteiger partial charge >= 0.3 is 6.18 Å². The van der Waals surface area contributed by atoms with Crippen LogP contribution >= 0.6 is 0 Å². The molecule has 1 unspecified atom stereocenters. The molecule has 0 aromatic heterocycles. The molecule has 0 fully saturated rings. The Kier molecular flexibility index (Phi) is 3.69. The van der Waals surface area contributed by atoms with Crippen LogP contribution in [0.5, 0.6) is 0 Å². The minimum absolute atomic E-state index is 0.616. The first-order valence-corrected chi connectivity index (χ1v) is 5.01. The fourth-order valence-electron chi connectivity index (χ4n) is 1.55. The Bertz CT molecular complexity index is 428. The summed E-state index contributed by atoms with van der Waals surface area (Å²) in [4.78, 5) is 0. The standard InChI is InChI=1S/C11H12F5NO/c1-9(18,10(12,13)6-17)7-4-2-3-5-8(7)11(14,15)16/h2-5,18H,6,17H2,1H3. The van der Waals surface area contributed by atoms with Crippen LogP contribution in [0.15, 0.2) is 24.3 Å². The second-order valence-corrected chi connectivity index (χ2v) is 4.02. The summed E-state index contributed by atoms with van der Waals surface area (Å²) in [6.45, 7) is -0.642. The Hall–Kier alpha value is -1.21. The van der Waals surface area contributed by atoms with Crippen LogP contribution in [0.1, 0.15) is 18.1 Å². The van der Waals surface area contributed by atoms with Crippen LogP contribution in [-0.2, 0) is 11.8 Å². The Balaban J connectivity index is 3.43. The lowest BCUT2D eigenvalue weighted by atomic mass is 9.85. The van der Waals surface area contributed by atoms with Crippen molar-refractivity contribution < 1.29 is 27.1 Å². The summed E-state index contributed by atoms with van der Waals surface area (Å²) >= 11 is 0. The topological polar surface area (TPSA) is 46.2 Å². The fraction of sp³-hybridized carbons (Fsp3) is 0.455. The van der Waals surface area contributed by atoms with Crippen LogP contribution in [0.4, 0.5) is 22.0 Å². The lowest BCUT2D eigenvalue weighted by molar-refractivity contribution is -0.178. The van der Waals surface area contributed by atoms with Crippen molar-refractivity contribution in [3.8, 4) is 0 Å². The highest BCUT2D eigenvalue weighted by atomic mass is 19.4. The zero-order valence-electron chi connectivity index (χ0n) is 9.43. The van der Waals surface area contributed by atoms with Gasteiger partial charge in [-0.25, -0.2) is 8.78 Å². The molecule has 2 nitrogen and oxygen atoms in total. The van der Waals surface area contributed by atoms with Gasteiger partial charge in [0.05, 0.1) is 12.1 Å². The first-order valence-electron chi connectivity index (χ1n) is 5.01. The van der Waals surface area contributed by atoms with E-state index in [1.807, 2.05) is 0 Å². The average Bonchev–Trinajstić information content (AvgIpc) is 2.27. The Labute approximate surface area is 100 Å². The largest absolute Gasteiger partial charge is 0.416 e. The molecule has 1 atom stereocenters. The quantitative estimate of drug-likeness (QED) is 0.828. The Morgan fingerprint density at radius 3 is 1.89 bits per heavy atom. The summed E-state index contributed by atoms with van der Waals surface area (Å²) in [6.07, 6.45) is -4.83. The molecule has 0 aliphatic rings. The van der Waals surface area contributed by atoms with Crippen LogP contribution in [0.2, 0.25) is 0 Å². The van der Waals surface area contributed by atoms with Gasteiger partial charge in [-0.15, -0.1) is 0 Å². The van der Waals surface area contributed by atoms with Gasteiger partial charge in [-0.3, -0.25) is 0 Å². The van der Waals surface area contributed by atoms with Crippen LogP contribution in [0.3, 0.4) is 0 Å². The first kappa shape index (κ1) is 14.8. The highest BCUT2D eigenvalue weighted by molar-refractivity contribution is 5.35. The Morgan fingerprint density at radius 1 is 1.06 bits per heavy atom. The second kappa shape index (κ2) is 4.47. The SMILES string of the molecule is CC(O)(c1ccccc1C(F)(F)F)C(F)(F)CN. The van der Waals surface area contributed by atoms with Gasteiger partial charge in [0.15, 0.2) is 5.60 Å². The molecule has 0 aliphatic heterocycles. The van der Waals surface area contributed by atoms with Crippen LogP contribution in [-0.4, -0.2) is 17.6 Å². The van der Waals surface area contributed by atoms with E-state index in [-0.39, 0.29) is 0 Å². The molecule has 0 saturated heterocycles. The molecule has 7 heteroatoms. The summed E-state index contributed by atoms with van der Waals surface area (Å²) in [6, 6.07) is 3.65. The van der Waals surface area contributed by atoms with Crippen molar-refractivity contribution in [2.24, 2.45) is 5.73 Å². The van der Waals surface area contributed by atoms with E-state index < -0.39 is 35.4 Å². The summed E-state index contributed by atoms with van der Waals surface area (Å²) in [7, 11) is 0. The predicted octanol–water partition coefficient (Wildman–Crippen LogP) is 2.51. The number of hydrogen-bond acceptors (Lipinski definition) is 2. The molecule has 1 aromatic rings. The molecular formula is C11H12F5NO. The predicted molar refractivity (Wildman–Crippen MR) is 55.0 cm³/mol. The fourth-order valence-corrected chi connectivity index (χ4v) is 1.55. The van der Waals surface area contributed by atoms with E-state index in [2.05, 4.69) is 0 Å². The molecule has 1 aromatic carbocycles. The molecule has 18 heavy (non-hydrogen) atoms. The maximum atomic E-state index is 13.4. The van der Waals surface area contributed by atoms with Crippen molar-refractivity contribution in [1.29, 1.82) is 0 Å². The van der Waals surface area contributed by atoms with E-state index in [1.54, 1.807) is 0 Å². The number of rotatable bonds is 3. The summed E-state index contributed by atoms with van der Waals surface area (Å²) < 4.78 is 64.9. The van der Waals surface area contributed by atoms with Gasteiger partial charge in [0.1, 0.15) is 0 Å². The summed E-state index contributed by atoms with van der Waals surface area (Å²) in [5.41, 5.74) is -0.393. The minimum atomic E-state index is -4.83. The zero-order chi connectivity index (χ0) is 14.2. The number of nitrogens with two attached hydrogens (primary N) is 1. The van der Waals surface area contributed by atoms with Crippen molar-refractivity contribution in [2.45, 2.75) is 24.6 Å². The third-order valence-corrected chi connectivity index (χ3v) is 2.73. The number of hydrogen-bond donors (Lipinski definition) is 2. The first-order chi connectivity index (χ1) is 8.04. The van der Waals surface area contributed by atoms with E-state index in [9.17, 15) is 27.1 Å². The molecule has 0 heterocycles. The lowest BCUT2D eigenvalue weighted by Crippen LogP contribution is -2.49. The van der Waals surface area contributed by atoms with E-state index in [1.165, 1.54) is 0 Å². The smallest absolute Gasteiger partial charge is 0.379 e. The third kappa shape index (κ3) is 2.46. The minimum Gasteiger partial charge on any atom is -0.379 e. The van der Waals surface area contributed by atoms with Gasteiger partial charge in [0.25, 0.3) is 5.92 Å². The van der Waals surface area contributed by atoms with Crippen LogP contribution in [0, 0.1) is 0 Å². The lowest BCUT2D eigenvalue weighted by Gasteiger charge is -2.33. The summed E-state index contributed by atoms with van der Waals surface area (Å²) in [5.74, 6) is -3.87. The van der Waals surface area contributed by atoms with Gasteiger partial charge < -0.3 is 10.8 Å². The van der Waals surface area contributed by atoms with E-state index >= 15 is 0 Å². The monoisotopic (exact) mass is 269 g/mol. The van der Waals surface area contributed by atoms with Gasteiger partial charge in [0, 0.05) is 5.56 Å². The Morgan fingerprint density at radius 2 is 1.50 bits per heavy atom. The second-order valence-electron chi connectivity index (χ2n) is 4.02. The van der Waals surface area contributed by atoms with Gasteiger partial charge in [-0.1, -0.05) is 18.2 Å². The highest BCUT2D eigenvalue weighted by Gasteiger charge is 2.52. The molecule has 102 valence electrons. The van der Waals surface area contributed by atoms with Crippen LogP contribution in [0.25, 0.3) is 0 Å².